The minimum Gasteiger partial charge on any atom is -0.399 e. The maximum atomic E-state index is 12.0. The number of nitrogens with zero attached hydrogens (tertiary/aromatic N) is 1. The minimum atomic E-state index is -0.826. The molecule has 1 aromatic rings. The molecule has 1 atom stereocenters. The molecule has 3 amide bonds. The molecule has 0 radical (unpaired) electrons. The number of anilines is 2. The first-order valence-corrected chi connectivity index (χ1v) is 5.66. The Kier molecular flexibility index (Phi) is 3.12. The van der Waals surface area contributed by atoms with Gasteiger partial charge in [-0.05, 0) is 18.2 Å². The fourth-order valence-corrected chi connectivity index (χ4v) is 1.92. The number of hydrogen-bond donors (Lipinski definition) is 3. The number of nitrogens with two attached hydrogens (primary N) is 2. The number of rotatable bonds is 2. The van der Waals surface area contributed by atoms with Crippen molar-refractivity contribution >= 4 is 29.1 Å². The summed E-state index contributed by atoms with van der Waals surface area (Å²) in [5.74, 6) is -1.22. The lowest BCUT2D eigenvalue weighted by Crippen LogP contribution is -2.40. The number of nitrogen functional groups attached to an aromatic ring is 2. The summed E-state index contributed by atoms with van der Waals surface area (Å²) in [6.45, 7) is 0. The molecule has 2 rings (SSSR count). The number of nitrogens with one attached hydrogen (secondary N) is 1. The van der Waals surface area contributed by atoms with E-state index in [2.05, 4.69) is 5.32 Å². The lowest BCUT2D eigenvalue weighted by atomic mass is 10.1. The standard InChI is InChI=1S/C12H14N4O3/c1-16-10(17)5-9(12(16)19)15-11(18)6-2-7(13)4-8(14)3-6/h2-4,9H,5,13-14H2,1H3,(H,15,18). The zero-order valence-corrected chi connectivity index (χ0v) is 10.3. The summed E-state index contributed by atoms with van der Waals surface area (Å²) in [4.78, 5) is 36.0. The van der Waals surface area contributed by atoms with Gasteiger partial charge in [0.1, 0.15) is 6.04 Å². The topological polar surface area (TPSA) is 119 Å². The highest BCUT2D eigenvalue weighted by Crippen LogP contribution is 2.15. The molecule has 5 N–H and O–H groups in total. The van der Waals surface area contributed by atoms with Crippen molar-refractivity contribution in [3.63, 3.8) is 0 Å². The number of likely N-dealkylation sites (N-methyl/N-ethyl adjacent to an activating group) is 1. The Morgan fingerprint density at radius 2 is 1.84 bits per heavy atom. The second-order valence-electron chi connectivity index (χ2n) is 4.41. The molecule has 1 aromatic carbocycles. The summed E-state index contributed by atoms with van der Waals surface area (Å²) < 4.78 is 0. The molecule has 19 heavy (non-hydrogen) atoms. The number of carbonyl (C=O) groups is 3. The third-order valence-corrected chi connectivity index (χ3v) is 2.93. The van der Waals surface area contributed by atoms with Gasteiger partial charge in [-0.3, -0.25) is 19.3 Å². The van der Waals surface area contributed by atoms with Crippen LogP contribution in [0.5, 0.6) is 0 Å². The second kappa shape index (κ2) is 4.60. The van der Waals surface area contributed by atoms with E-state index in [0.717, 1.165) is 4.90 Å². The average Bonchev–Trinajstić information content (AvgIpc) is 2.56. The third-order valence-electron chi connectivity index (χ3n) is 2.93. The van der Waals surface area contributed by atoms with Gasteiger partial charge < -0.3 is 16.8 Å². The average molecular weight is 262 g/mol. The maximum absolute atomic E-state index is 12.0. The number of benzene rings is 1. The van der Waals surface area contributed by atoms with Crippen LogP contribution in [-0.2, 0) is 9.59 Å². The Labute approximate surface area is 109 Å². The van der Waals surface area contributed by atoms with Crippen molar-refractivity contribution in [3.05, 3.63) is 23.8 Å². The number of amides is 3. The van der Waals surface area contributed by atoms with Gasteiger partial charge >= 0.3 is 0 Å². The van der Waals surface area contributed by atoms with Crippen LogP contribution in [0.4, 0.5) is 11.4 Å². The largest absolute Gasteiger partial charge is 0.399 e. The van der Waals surface area contributed by atoms with Crippen LogP contribution >= 0.6 is 0 Å². The van der Waals surface area contributed by atoms with E-state index in [1.165, 1.54) is 25.2 Å². The van der Waals surface area contributed by atoms with Gasteiger partial charge in [0.15, 0.2) is 0 Å². The highest BCUT2D eigenvalue weighted by molar-refractivity contribution is 6.08. The Balaban J connectivity index is 2.14. The number of likely N-dealkylation sites (tertiary alicyclic amines) is 1. The number of carbonyl (C=O) groups excluding carboxylic acids is 3. The molecule has 100 valence electrons. The molecule has 0 aliphatic carbocycles. The summed E-state index contributed by atoms with van der Waals surface area (Å²) in [7, 11) is 1.38. The summed E-state index contributed by atoms with van der Waals surface area (Å²) in [5.41, 5.74) is 12.1. The van der Waals surface area contributed by atoms with Crippen molar-refractivity contribution in [1.82, 2.24) is 10.2 Å². The lowest BCUT2D eigenvalue weighted by Gasteiger charge is -2.11. The fraction of sp³-hybridized carbons (Fsp3) is 0.250. The molecule has 0 aromatic heterocycles. The SMILES string of the molecule is CN1C(=O)CC(NC(=O)c2cc(N)cc(N)c2)C1=O. The molecule has 1 saturated heterocycles. The van der Waals surface area contributed by atoms with E-state index in [-0.39, 0.29) is 17.9 Å². The summed E-state index contributed by atoms with van der Waals surface area (Å²) >= 11 is 0. The predicted octanol–water partition coefficient (Wildman–Crippen LogP) is -0.662. The number of hydrogen-bond acceptors (Lipinski definition) is 5. The first-order chi connectivity index (χ1) is 8.88. The second-order valence-corrected chi connectivity index (χ2v) is 4.41. The van der Waals surface area contributed by atoms with Crippen molar-refractivity contribution in [2.45, 2.75) is 12.5 Å². The van der Waals surface area contributed by atoms with Gasteiger partial charge in [-0.15, -0.1) is 0 Å². The van der Waals surface area contributed by atoms with Crippen molar-refractivity contribution in [3.8, 4) is 0 Å². The van der Waals surface area contributed by atoms with Crippen LogP contribution in [-0.4, -0.2) is 35.7 Å². The van der Waals surface area contributed by atoms with Crippen LogP contribution in [0.3, 0.4) is 0 Å². The Morgan fingerprint density at radius 3 is 2.32 bits per heavy atom. The fourth-order valence-electron chi connectivity index (χ4n) is 1.92. The van der Waals surface area contributed by atoms with Crippen molar-refractivity contribution in [2.75, 3.05) is 18.5 Å². The van der Waals surface area contributed by atoms with Gasteiger partial charge in [-0.2, -0.15) is 0 Å². The van der Waals surface area contributed by atoms with Crippen LogP contribution in [0.15, 0.2) is 18.2 Å². The van der Waals surface area contributed by atoms with E-state index in [9.17, 15) is 14.4 Å². The van der Waals surface area contributed by atoms with Gasteiger partial charge in [-0.25, -0.2) is 0 Å². The molecule has 1 unspecified atom stereocenters. The van der Waals surface area contributed by atoms with Gasteiger partial charge in [0.05, 0.1) is 6.42 Å². The van der Waals surface area contributed by atoms with Crippen LogP contribution in [0.1, 0.15) is 16.8 Å². The van der Waals surface area contributed by atoms with Crippen LogP contribution < -0.4 is 16.8 Å². The van der Waals surface area contributed by atoms with Crippen molar-refractivity contribution in [2.24, 2.45) is 0 Å². The Bertz CT molecular complexity index is 550. The summed E-state index contributed by atoms with van der Waals surface area (Å²) in [6.07, 6.45) is -0.0289. The first kappa shape index (κ1) is 12.9. The third kappa shape index (κ3) is 2.49. The molecule has 0 saturated carbocycles. The first-order valence-electron chi connectivity index (χ1n) is 5.66. The molecule has 7 heteroatoms. The molecule has 1 fully saturated rings. The number of imide groups is 1. The lowest BCUT2D eigenvalue weighted by molar-refractivity contribution is -0.137. The smallest absolute Gasteiger partial charge is 0.252 e. The van der Waals surface area contributed by atoms with E-state index in [1.54, 1.807) is 0 Å². The van der Waals surface area contributed by atoms with Crippen LogP contribution in [0.2, 0.25) is 0 Å². The zero-order chi connectivity index (χ0) is 14.2. The van der Waals surface area contributed by atoms with E-state index in [1.807, 2.05) is 0 Å². The highest BCUT2D eigenvalue weighted by atomic mass is 16.2. The van der Waals surface area contributed by atoms with Crippen molar-refractivity contribution < 1.29 is 14.4 Å². The van der Waals surface area contributed by atoms with Crippen molar-refractivity contribution in [1.29, 1.82) is 0 Å². The van der Waals surface area contributed by atoms with Gasteiger partial charge in [0, 0.05) is 24.0 Å². The van der Waals surface area contributed by atoms with E-state index >= 15 is 0 Å². The molecule has 0 spiro atoms. The molecule has 0 bridgehead atoms. The molecular weight excluding hydrogens is 248 g/mol. The van der Waals surface area contributed by atoms with E-state index < -0.39 is 17.9 Å². The Hall–Kier alpha value is -2.57. The summed E-state index contributed by atoms with van der Waals surface area (Å²) in [6, 6.07) is 3.61. The quantitative estimate of drug-likeness (QED) is 0.483. The summed E-state index contributed by atoms with van der Waals surface area (Å²) in [5, 5.41) is 2.50. The van der Waals surface area contributed by atoms with Crippen LogP contribution in [0, 0.1) is 0 Å². The minimum absolute atomic E-state index is 0.0289. The highest BCUT2D eigenvalue weighted by Gasteiger charge is 2.37. The van der Waals surface area contributed by atoms with Gasteiger partial charge in [-0.1, -0.05) is 0 Å². The molecular formula is C12H14N4O3. The van der Waals surface area contributed by atoms with Crippen LogP contribution in [0.25, 0.3) is 0 Å². The Morgan fingerprint density at radius 1 is 1.26 bits per heavy atom. The molecule has 1 aliphatic rings. The van der Waals surface area contributed by atoms with Gasteiger partial charge in [0.25, 0.3) is 11.8 Å². The normalized spacial score (nSPS) is 18.8. The van der Waals surface area contributed by atoms with Gasteiger partial charge in [0.2, 0.25) is 5.91 Å². The zero-order valence-electron chi connectivity index (χ0n) is 10.3. The maximum Gasteiger partial charge on any atom is 0.252 e. The monoisotopic (exact) mass is 262 g/mol. The molecule has 1 aliphatic heterocycles. The van der Waals surface area contributed by atoms with E-state index in [4.69, 9.17) is 11.5 Å². The van der Waals surface area contributed by atoms with E-state index in [0.29, 0.717) is 11.4 Å². The molecule has 7 nitrogen and oxygen atoms in total. The predicted molar refractivity (Wildman–Crippen MR) is 68.9 cm³/mol. The molecule has 1 heterocycles.